The number of nitrogens with one attached hydrogen (secondary N) is 1. The molecule has 0 amide bonds. The molecule has 0 aliphatic carbocycles. The summed E-state index contributed by atoms with van der Waals surface area (Å²) in [5.41, 5.74) is 4.53. The number of aromatic nitrogens is 3. The van der Waals surface area contributed by atoms with Crippen molar-refractivity contribution >= 4 is 34.1 Å². The smallest absolute Gasteiger partial charge is 0.150 e. The lowest BCUT2D eigenvalue weighted by molar-refractivity contribution is 0.415. The standard InChI is InChI=1S/C26H21ClN4O2/c1-32-20-11-9-19(10-12-20)31-15-21(17-6-4-3-5-7-17)24-25(28-16-29-26(24)31)30-22-14-18(27)8-13-23(22)33-2/h3-16H,1-2H3,(H,28,29,30). The summed E-state index contributed by atoms with van der Waals surface area (Å²) in [5, 5.41) is 4.90. The minimum Gasteiger partial charge on any atom is -0.497 e. The fourth-order valence-corrected chi connectivity index (χ4v) is 4.01. The average Bonchev–Trinajstić information content (AvgIpc) is 3.25. The van der Waals surface area contributed by atoms with Gasteiger partial charge in [0.05, 0.1) is 25.3 Å². The maximum Gasteiger partial charge on any atom is 0.150 e. The van der Waals surface area contributed by atoms with Gasteiger partial charge in [-0.2, -0.15) is 0 Å². The molecule has 0 aliphatic heterocycles. The van der Waals surface area contributed by atoms with Crippen LogP contribution in [0.2, 0.25) is 5.02 Å². The molecule has 2 heterocycles. The quantitative estimate of drug-likeness (QED) is 0.316. The summed E-state index contributed by atoms with van der Waals surface area (Å²) in [4.78, 5) is 9.21. The number of fused-ring (bicyclic) bond motifs is 1. The molecule has 0 fully saturated rings. The van der Waals surface area contributed by atoms with E-state index < -0.39 is 0 Å². The fraction of sp³-hybridized carbons (Fsp3) is 0.0769. The number of nitrogens with zero attached hydrogens (tertiary/aromatic N) is 3. The molecule has 3 aromatic carbocycles. The zero-order valence-electron chi connectivity index (χ0n) is 18.1. The van der Waals surface area contributed by atoms with E-state index in [1.807, 2.05) is 54.6 Å². The highest BCUT2D eigenvalue weighted by Gasteiger charge is 2.18. The fourth-order valence-electron chi connectivity index (χ4n) is 3.84. The molecule has 0 radical (unpaired) electrons. The molecule has 0 spiro atoms. The molecule has 0 bridgehead atoms. The Kier molecular flexibility index (Phi) is 5.59. The van der Waals surface area contributed by atoms with Crippen molar-refractivity contribution in [2.24, 2.45) is 0 Å². The van der Waals surface area contributed by atoms with Crippen molar-refractivity contribution in [3.8, 4) is 28.3 Å². The number of anilines is 2. The van der Waals surface area contributed by atoms with Crippen LogP contribution in [0, 0.1) is 0 Å². The van der Waals surface area contributed by atoms with Gasteiger partial charge < -0.3 is 19.4 Å². The van der Waals surface area contributed by atoms with Crippen LogP contribution in [0.5, 0.6) is 11.5 Å². The first-order valence-corrected chi connectivity index (χ1v) is 10.7. The predicted octanol–water partition coefficient (Wildman–Crippen LogP) is 6.50. The Balaban J connectivity index is 1.73. The average molecular weight is 457 g/mol. The van der Waals surface area contributed by atoms with E-state index in [2.05, 4.69) is 38.2 Å². The van der Waals surface area contributed by atoms with Crippen LogP contribution in [-0.2, 0) is 0 Å². The summed E-state index contributed by atoms with van der Waals surface area (Å²) in [6.45, 7) is 0. The first-order chi connectivity index (χ1) is 16.2. The molecule has 0 saturated heterocycles. The van der Waals surface area contributed by atoms with Gasteiger partial charge in [-0.3, -0.25) is 0 Å². The van der Waals surface area contributed by atoms with E-state index >= 15 is 0 Å². The van der Waals surface area contributed by atoms with E-state index in [1.165, 1.54) is 0 Å². The second kappa shape index (κ2) is 8.84. The van der Waals surface area contributed by atoms with E-state index in [-0.39, 0.29) is 0 Å². The zero-order valence-corrected chi connectivity index (χ0v) is 18.9. The second-order valence-electron chi connectivity index (χ2n) is 7.37. The monoisotopic (exact) mass is 456 g/mol. The molecule has 2 aromatic heterocycles. The summed E-state index contributed by atoms with van der Waals surface area (Å²) in [5.74, 6) is 2.12. The molecule has 5 rings (SSSR count). The molecule has 6 nitrogen and oxygen atoms in total. The summed E-state index contributed by atoms with van der Waals surface area (Å²) >= 11 is 6.25. The lowest BCUT2D eigenvalue weighted by Gasteiger charge is -2.12. The number of hydrogen-bond donors (Lipinski definition) is 1. The molecular weight excluding hydrogens is 436 g/mol. The predicted molar refractivity (Wildman–Crippen MR) is 132 cm³/mol. The third-order valence-corrected chi connectivity index (χ3v) is 5.67. The number of benzene rings is 3. The van der Waals surface area contributed by atoms with E-state index in [0.29, 0.717) is 16.6 Å². The van der Waals surface area contributed by atoms with Crippen molar-refractivity contribution in [3.63, 3.8) is 0 Å². The van der Waals surface area contributed by atoms with Crippen molar-refractivity contribution in [2.45, 2.75) is 0 Å². The molecule has 0 unspecified atom stereocenters. The second-order valence-corrected chi connectivity index (χ2v) is 7.80. The van der Waals surface area contributed by atoms with Crippen molar-refractivity contribution in [1.29, 1.82) is 0 Å². The Labute approximate surface area is 196 Å². The van der Waals surface area contributed by atoms with Crippen LogP contribution in [0.3, 0.4) is 0 Å². The Morgan fingerprint density at radius 3 is 2.39 bits per heavy atom. The van der Waals surface area contributed by atoms with Crippen LogP contribution in [0.15, 0.2) is 85.3 Å². The van der Waals surface area contributed by atoms with Gasteiger partial charge in [0, 0.05) is 22.5 Å². The van der Waals surface area contributed by atoms with Gasteiger partial charge >= 0.3 is 0 Å². The molecular formula is C26H21ClN4O2. The van der Waals surface area contributed by atoms with E-state index in [4.69, 9.17) is 21.1 Å². The molecule has 1 N–H and O–H groups in total. The number of hydrogen-bond acceptors (Lipinski definition) is 5. The van der Waals surface area contributed by atoms with Gasteiger partial charge in [-0.1, -0.05) is 41.9 Å². The highest BCUT2D eigenvalue weighted by Crippen LogP contribution is 2.38. The van der Waals surface area contributed by atoms with E-state index in [0.717, 1.165) is 39.3 Å². The third-order valence-electron chi connectivity index (χ3n) is 5.43. The van der Waals surface area contributed by atoms with Gasteiger partial charge in [0.15, 0.2) is 5.65 Å². The topological polar surface area (TPSA) is 61.2 Å². The van der Waals surface area contributed by atoms with Gasteiger partial charge in [0.25, 0.3) is 0 Å². The molecule has 164 valence electrons. The van der Waals surface area contributed by atoms with Gasteiger partial charge in [0.1, 0.15) is 23.6 Å². The maximum atomic E-state index is 6.25. The van der Waals surface area contributed by atoms with Gasteiger partial charge in [-0.05, 0) is 48.0 Å². The van der Waals surface area contributed by atoms with Crippen molar-refractivity contribution in [1.82, 2.24) is 14.5 Å². The number of ether oxygens (including phenoxy) is 2. The lowest BCUT2D eigenvalue weighted by Crippen LogP contribution is -2.00. The van der Waals surface area contributed by atoms with Crippen molar-refractivity contribution < 1.29 is 9.47 Å². The largest absolute Gasteiger partial charge is 0.497 e. The molecule has 0 saturated carbocycles. The molecule has 7 heteroatoms. The number of methoxy groups -OCH3 is 2. The van der Waals surface area contributed by atoms with E-state index in [1.54, 1.807) is 26.6 Å². The summed E-state index contributed by atoms with van der Waals surface area (Å²) in [7, 11) is 3.28. The SMILES string of the molecule is COc1ccc(-n2cc(-c3ccccc3)c3c(Nc4cc(Cl)ccc4OC)ncnc32)cc1. The first kappa shape index (κ1) is 20.8. The van der Waals surface area contributed by atoms with Gasteiger partial charge in [-0.15, -0.1) is 0 Å². The summed E-state index contributed by atoms with van der Waals surface area (Å²) in [6.07, 6.45) is 3.63. The molecule has 0 aliphatic rings. The van der Waals surface area contributed by atoms with Crippen molar-refractivity contribution in [3.05, 3.63) is 90.3 Å². The lowest BCUT2D eigenvalue weighted by atomic mass is 10.1. The zero-order chi connectivity index (χ0) is 22.8. The van der Waals surface area contributed by atoms with Crippen LogP contribution < -0.4 is 14.8 Å². The number of halogens is 1. The molecule has 33 heavy (non-hydrogen) atoms. The Morgan fingerprint density at radius 1 is 0.879 bits per heavy atom. The number of rotatable bonds is 6. The summed E-state index contributed by atoms with van der Waals surface area (Å²) < 4.78 is 12.9. The Bertz CT molecular complexity index is 1420. The normalized spacial score (nSPS) is 10.9. The van der Waals surface area contributed by atoms with Crippen molar-refractivity contribution in [2.75, 3.05) is 19.5 Å². The third kappa shape index (κ3) is 3.97. The Hall–Kier alpha value is -4.03. The minimum atomic E-state index is 0.600. The molecule has 5 aromatic rings. The van der Waals surface area contributed by atoms with Crippen LogP contribution in [0.1, 0.15) is 0 Å². The van der Waals surface area contributed by atoms with Gasteiger partial charge in [0.2, 0.25) is 0 Å². The summed E-state index contributed by atoms with van der Waals surface area (Å²) in [6, 6.07) is 23.5. The Morgan fingerprint density at radius 2 is 1.67 bits per heavy atom. The highest BCUT2D eigenvalue weighted by molar-refractivity contribution is 6.31. The minimum absolute atomic E-state index is 0.600. The maximum absolute atomic E-state index is 6.25. The highest BCUT2D eigenvalue weighted by atomic mass is 35.5. The van der Waals surface area contributed by atoms with Crippen LogP contribution in [-0.4, -0.2) is 28.8 Å². The van der Waals surface area contributed by atoms with Gasteiger partial charge in [-0.25, -0.2) is 9.97 Å². The van der Waals surface area contributed by atoms with Crippen LogP contribution in [0.25, 0.3) is 27.8 Å². The molecule has 0 atom stereocenters. The van der Waals surface area contributed by atoms with Crippen LogP contribution >= 0.6 is 11.6 Å². The first-order valence-electron chi connectivity index (χ1n) is 10.3. The van der Waals surface area contributed by atoms with E-state index in [9.17, 15) is 0 Å². The van der Waals surface area contributed by atoms with Crippen LogP contribution in [0.4, 0.5) is 11.5 Å².